The number of carbonyl (C=O) groups is 3. The molecule has 0 aromatic heterocycles. The molecule has 8 nitrogen and oxygen atoms in total. The molecule has 0 heterocycles. The monoisotopic (exact) mass is 337 g/mol. The van der Waals surface area contributed by atoms with Crippen LogP contribution in [0.15, 0.2) is 24.3 Å². The van der Waals surface area contributed by atoms with Gasteiger partial charge >= 0.3 is 0 Å². The minimum Gasteiger partial charge on any atom is -0.370 e. The number of likely N-dealkylation sites (N-methyl/N-ethyl adjacent to an activating group) is 1. The van der Waals surface area contributed by atoms with E-state index in [1.54, 1.807) is 0 Å². The molecule has 8 N–H and O–H groups in total. The van der Waals surface area contributed by atoms with Gasteiger partial charge < -0.3 is 27.8 Å². The van der Waals surface area contributed by atoms with Crippen molar-refractivity contribution in [3.8, 4) is 0 Å². The SMILES string of the molecule is CN.CN.CNC(=O)[C@H](CC(N)=O)NC(=O)C1Cc2ccccc21. The summed E-state index contributed by atoms with van der Waals surface area (Å²) in [6.45, 7) is 0. The molecule has 2 rings (SSSR count). The van der Waals surface area contributed by atoms with Crippen molar-refractivity contribution in [3.05, 3.63) is 35.4 Å². The van der Waals surface area contributed by atoms with Gasteiger partial charge in [0.15, 0.2) is 0 Å². The molecule has 0 spiro atoms. The lowest BCUT2D eigenvalue weighted by molar-refractivity contribution is -0.131. The lowest BCUT2D eigenvalue weighted by Crippen LogP contribution is -2.50. The van der Waals surface area contributed by atoms with Gasteiger partial charge in [-0.1, -0.05) is 24.3 Å². The van der Waals surface area contributed by atoms with Crippen LogP contribution in [0.3, 0.4) is 0 Å². The number of amides is 3. The Bertz CT molecular complexity index is 562. The van der Waals surface area contributed by atoms with Gasteiger partial charge in [-0.3, -0.25) is 14.4 Å². The Hall–Kier alpha value is -2.45. The highest BCUT2D eigenvalue weighted by molar-refractivity contribution is 5.94. The molecule has 2 atom stereocenters. The van der Waals surface area contributed by atoms with Gasteiger partial charge in [-0.15, -0.1) is 0 Å². The Morgan fingerprint density at radius 3 is 2.25 bits per heavy atom. The normalized spacial score (nSPS) is 15.0. The van der Waals surface area contributed by atoms with E-state index in [1.807, 2.05) is 24.3 Å². The van der Waals surface area contributed by atoms with Crippen LogP contribution in [0.1, 0.15) is 23.5 Å². The number of rotatable bonds is 5. The van der Waals surface area contributed by atoms with Crippen molar-refractivity contribution in [2.45, 2.75) is 24.8 Å². The predicted octanol–water partition coefficient (Wildman–Crippen LogP) is -1.42. The van der Waals surface area contributed by atoms with Crippen molar-refractivity contribution < 1.29 is 14.4 Å². The summed E-state index contributed by atoms with van der Waals surface area (Å²) in [6, 6.07) is 6.74. The zero-order chi connectivity index (χ0) is 18.7. The number of fused-ring (bicyclic) bond motifs is 1. The number of primary amides is 1. The van der Waals surface area contributed by atoms with Gasteiger partial charge in [-0.05, 0) is 31.6 Å². The maximum atomic E-state index is 12.2. The molecule has 3 amide bonds. The molecule has 0 radical (unpaired) electrons. The molecule has 1 aliphatic rings. The van der Waals surface area contributed by atoms with Crippen LogP contribution in [0, 0.1) is 0 Å². The molecule has 0 saturated heterocycles. The molecule has 0 aliphatic heterocycles. The third kappa shape index (κ3) is 5.64. The van der Waals surface area contributed by atoms with Crippen molar-refractivity contribution >= 4 is 17.7 Å². The highest BCUT2D eigenvalue weighted by Gasteiger charge is 2.34. The van der Waals surface area contributed by atoms with Crippen molar-refractivity contribution in [1.82, 2.24) is 10.6 Å². The maximum absolute atomic E-state index is 12.2. The average molecular weight is 337 g/mol. The molecule has 134 valence electrons. The van der Waals surface area contributed by atoms with Gasteiger partial charge in [0.05, 0.1) is 12.3 Å². The summed E-state index contributed by atoms with van der Waals surface area (Å²) in [7, 11) is 4.45. The van der Waals surface area contributed by atoms with Gasteiger partial charge in [-0.2, -0.15) is 0 Å². The van der Waals surface area contributed by atoms with Crippen LogP contribution in [0.25, 0.3) is 0 Å². The highest BCUT2D eigenvalue weighted by atomic mass is 16.2. The first-order chi connectivity index (χ1) is 11.5. The van der Waals surface area contributed by atoms with E-state index in [2.05, 4.69) is 22.1 Å². The number of carbonyl (C=O) groups excluding carboxylic acids is 3. The largest absolute Gasteiger partial charge is 0.370 e. The molecule has 0 saturated carbocycles. The van der Waals surface area contributed by atoms with Gasteiger partial charge in [0, 0.05) is 7.05 Å². The quantitative estimate of drug-likeness (QED) is 0.446. The minimum absolute atomic E-state index is 0.209. The molecule has 1 aromatic rings. The van der Waals surface area contributed by atoms with Gasteiger partial charge in [0.1, 0.15) is 6.04 Å². The van der Waals surface area contributed by atoms with Crippen LogP contribution < -0.4 is 27.8 Å². The van der Waals surface area contributed by atoms with E-state index in [-0.39, 0.29) is 18.2 Å². The highest BCUT2D eigenvalue weighted by Crippen LogP contribution is 2.34. The number of nitrogens with two attached hydrogens (primary N) is 3. The Kier molecular flexibility index (Phi) is 10.0. The smallest absolute Gasteiger partial charge is 0.242 e. The Balaban J connectivity index is 0.00000123. The van der Waals surface area contributed by atoms with Crippen LogP contribution >= 0.6 is 0 Å². The van der Waals surface area contributed by atoms with Gasteiger partial charge in [-0.25, -0.2) is 0 Å². The van der Waals surface area contributed by atoms with Crippen LogP contribution in [0.4, 0.5) is 0 Å². The summed E-state index contributed by atoms with van der Waals surface area (Å²) >= 11 is 0. The minimum atomic E-state index is -0.919. The van der Waals surface area contributed by atoms with Crippen LogP contribution in [-0.4, -0.2) is 44.9 Å². The fourth-order valence-corrected chi connectivity index (χ4v) is 2.35. The summed E-state index contributed by atoms with van der Waals surface area (Å²) in [5.74, 6) is -1.57. The second-order valence-corrected chi connectivity index (χ2v) is 4.80. The Morgan fingerprint density at radius 1 is 1.17 bits per heavy atom. The maximum Gasteiger partial charge on any atom is 0.242 e. The summed E-state index contributed by atoms with van der Waals surface area (Å²) in [6.07, 6.45) is 0.443. The predicted molar refractivity (Wildman–Crippen MR) is 92.9 cm³/mol. The van der Waals surface area contributed by atoms with E-state index < -0.39 is 17.9 Å². The van der Waals surface area contributed by atoms with E-state index in [4.69, 9.17) is 5.73 Å². The number of benzene rings is 1. The van der Waals surface area contributed by atoms with Crippen molar-refractivity contribution in [2.75, 3.05) is 21.1 Å². The Labute approximate surface area is 142 Å². The molecule has 8 heteroatoms. The summed E-state index contributed by atoms with van der Waals surface area (Å²) in [5.41, 5.74) is 16.2. The first-order valence-electron chi connectivity index (χ1n) is 7.56. The molecule has 0 bridgehead atoms. The van der Waals surface area contributed by atoms with Crippen LogP contribution in [-0.2, 0) is 20.8 Å². The van der Waals surface area contributed by atoms with E-state index in [0.717, 1.165) is 11.1 Å². The first kappa shape index (κ1) is 21.6. The first-order valence-corrected chi connectivity index (χ1v) is 7.56. The standard InChI is InChI=1S/C14H17N3O3.2CH5N/c1-16-14(20)11(7-12(15)18)17-13(19)10-6-8-4-2-3-5-9(8)10;2*1-2/h2-5,10-11H,6-7H2,1H3,(H2,15,18)(H,16,20)(H,17,19);2*2H2,1H3/t10?,11-;;/m0../s1. The molecule has 1 unspecified atom stereocenters. The van der Waals surface area contributed by atoms with E-state index in [9.17, 15) is 14.4 Å². The van der Waals surface area contributed by atoms with E-state index >= 15 is 0 Å². The van der Waals surface area contributed by atoms with Gasteiger partial charge in [0.2, 0.25) is 17.7 Å². The zero-order valence-electron chi connectivity index (χ0n) is 14.3. The summed E-state index contributed by atoms with van der Waals surface area (Å²) in [4.78, 5) is 34.7. The Morgan fingerprint density at radius 2 is 1.75 bits per heavy atom. The third-order valence-corrected chi connectivity index (χ3v) is 3.46. The second kappa shape index (κ2) is 11.1. The molecule has 1 aliphatic carbocycles. The van der Waals surface area contributed by atoms with Crippen molar-refractivity contribution in [2.24, 2.45) is 17.2 Å². The lowest BCUT2D eigenvalue weighted by Gasteiger charge is -2.30. The van der Waals surface area contributed by atoms with Crippen LogP contribution in [0.5, 0.6) is 0 Å². The van der Waals surface area contributed by atoms with Crippen LogP contribution in [0.2, 0.25) is 0 Å². The lowest BCUT2D eigenvalue weighted by atomic mass is 9.77. The molecular formula is C16H27N5O3. The number of hydrogen-bond donors (Lipinski definition) is 5. The summed E-state index contributed by atoms with van der Waals surface area (Å²) < 4.78 is 0. The number of nitrogens with one attached hydrogen (secondary N) is 2. The molecule has 0 fully saturated rings. The fraction of sp³-hybridized carbons (Fsp3) is 0.438. The topological polar surface area (TPSA) is 153 Å². The van der Waals surface area contributed by atoms with E-state index in [0.29, 0.717) is 6.42 Å². The molecule has 1 aromatic carbocycles. The number of hydrogen-bond acceptors (Lipinski definition) is 5. The van der Waals surface area contributed by atoms with Crippen molar-refractivity contribution in [1.29, 1.82) is 0 Å². The second-order valence-electron chi connectivity index (χ2n) is 4.80. The fourth-order valence-electron chi connectivity index (χ4n) is 2.35. The molecule has 24 heavy (non-hydrogen) atoms. The zero-order valence-corrected chi connectivity index (χ0v) is 14.3. The van der Waals surface area contributed by atoms with Crippen molar-refractivity contribution in [3.63, 3.8) is 0 Å². The molecular weight excluding hydrogens is 310 g/mol. The van der Waals surface area contributed by atoms with Gasteiger partial charge in [0.25, 0.3) is 0 Å². The average Bonchev–Trinajstić information content (AvgIpc) is 2.58. The third-order valence-electron chi connectivity index (χ3n) is 3.46. The summed E-state index contributed by atoms with van der Waals surface area (Å²) in [5, 5.41) is 5.00. The van der Waals surface area contributed by atoms with E-state index in [1.165, 1.54) is 21.1 Å².